The summed E-state index contributed by atoms with van der Waals surface area (Å²) in [5.41, 5.74) is 1.54. The fourth-order valence-corrected chi connectivity index (χ4v) is 1.75. The predicted molar refractivity (Wildman–Crippen MR) is 85.7 cm³/mol. The highest BCUT2D eigenvalue weighted by atomic mass is 16.5. The van der Waals surface area contributed by atoms with E-state index in [1.165, 1.54) is 0 Å². The fraction of sp³-hybridized carbons (Fsp3) is 0.438. The van der Waals surface area contributed by atoms with Crippen molar-refractivity contribution in [2.75, 3.05) is 11.9 Å². The number of carbonyl (C=O) groups is 1. The van der Waals surface area contributed by atoms with Crippen LogP contribution < -0.4 is 10.6 Å². The molecule has 118 valence electrons. The topological polar surface area (TPSA) is 80.0 Å². The first-order valence-corrected chi connectivity index (χ1v) is 7.44. The van der Waals surface area contributed by atoms with E-state index in [4.69, 9.17) is 4.52 Å². The van der Waals surface area contributed by atoms with Crippen LogP contribution >= 0.6 is 0 Å². The van der Waals surface area contributed by atoms with Gasteiger partial charge in [0.1, 0.15) is 0 Å². The molecule has 1 aromatic carbocycles. The summed E-state index contributed by atoms with van der Waals surface area (Å²) in [4.78, 5) is 16.0. The Bertz CT molecular complexity index is 617. The number of hydrogen-bond donors (Lipinski definition) is 2. The molecule has 22 heavy (non-hydrogen) atoms. The Balaban J connectivity index is 1.99. The van der Waals surface area contributed by atoms with Crippen LogP contribution in [0.25, 0.3) is 11.5 Å². The second kappa shape index (κ2) is 7.06. The second-order valence-corrected chi connectivity index (χ2v) is 5.92. The van der Waals surface area contributed by atoms with E-state index in [-0.39, 0.29) is 11.9 Å². The van der Waals surface area contributed by atoms with E-state index < -0.39 is 0 Å². The van der Waals surface area contributed by atoms with Gasteiger partial charge in [0.25, 0.3) is 5.89 Å². The van der Waals surface area contributed by atoms with Crippen molar-refractivity contribution in [3.63, 3.8) is 0 Å². The molecule has 0 spiro atoms. The zero-order valence-electron chi connectivity index (χ0n) is 13.4. The van der Waals surface area contributed by atoms with E-state index in [2.05, 4.69) is 20.8 Å². The highest BCUT2D eigenvalue weighted by Crippen LogP contribution is 2.21. The zero-order chi connectivity index (χ0) is 16.1. The van der Waals surface area contributed by atoms with Crippen molar-refractivity contribution in [3.05, 3.63) is 30.1 Å². The Morgan fingerprint density at radius 1 is 1.18 bits per heavy atom. The highest BCUT2D eigenvalue weighted by molar-refractivity contribution is 5.89. The molecule has 0 saturated heterocycles. The van der Waals surface area contributed by atoms with Crippen molar-refractivity contribution >= 4 is 11.7 Å². The van der Waals surface area contributed by atoms with E-state index >= 15 is 0 Å². The molecule has 0 radical (unpaired) electrons. The molecule has 2 rings (SSSR count). The quantitative estimate of drug-likeness (QED) is 0.883. The highest BCUT2D eigenvalue weighted by Gasteiger charge is 2.11. The number of nitrogens with one attached hydrogen (secondary N) is 2. The van der Waals surface area contributed by atoms with E-state index in [1.54, 1.807) is 0 Å². The molecule has 6 heteroatoms. The van der Waals surface area contributed by atoms with Gasteiger partial charge in [-0.15, -0.1) is 0 Å². The Kier molecular flexibility index (Phi) is 5.14. The molecule has 0 bridgehead atoms. The average molecular weight is 302 g/mol. The number of anilines is 1. The molecule has 1 heterocycles. The summed E-state index contributed by atoms with van der Waals surface area (Å²) >= 11 is 0. The standard InChI is InChI=1S/C16H22N4O2/c1-10(2)9-17-16(21)18-13-7-5-12(6-8-13)15-19-14(11(3)4)20-22-15/h5-8,10-11H,9H2,1-4H3,(H2,17,18,21). The van der Waals surface area contributed by atoms with Crippen molar-refractivity contribution < 1.29 is 9.32 Å². The molecule has 0 aliphatic carbocycles. The molecule has 0 fully saturated rings. The van der Waals surface area contributed by atoms with Crippen LogP contribution in [0.4, 0.5) is 10.5 Å². The third kappa shape index (κ3) is 4.31. The number of urea groups is 1. The van der Waals surface area contributed by atoms with Crippen LogP contribution in [-0.2, 0) is 0 Å². The van der Waals surface area contributed by atoms with Gasteiger partial charge in [0, 0.05) is 23.7 Å². The first kappa shape index (κ1) is 16.0. The minimum Gasteiger partial charge on any atom is -0.338 e. The lowest BCUT2D eigenvalue weighted by molar-refractivity contribution is 0.251. The maximum absolute atomic E-state index is 11.7. The number of aromatic nitrogens is 2. The van der Waals surface area contributed by atoms with Gasteiger partial charge >= 0.3 is 6.03 Å². The van der Waals surface area contributed by atoms with Crippen molar-refractivity contribution in [3.8, 4) is 11.5 Å². The molecular formula is C16H22N4O2. The second-order valence-electron chi connectivity index (χ2n) is 5.92. The number of nitrogens with zero attached hydrogens (tertiary/aromatic N) is 2. The zero-order valence-corrected chi connectivity index (χ0v) is 13.4. The summed E-state index contributed by atoms with van der Waals surface area (Å²) in [7, 11) is 0. The Labute approximate surface area is 130 Å². The van der Waals surface area contributed by atoms with E-state index in [0.29, 0.717) is 29.9 Å². The number of benzene rings is 1. The summed E-state index contributed by atoms with van der Waals surface area (Å²) in [6.45, 7) is 8.76. The van der Waals surface area contributed by atoms with Crippen LogP contribution in [0, 0.1) is 5.92 Å². The van der Waals surface area contributed by atoms with Crippen molar-refractivity contribution in [2.45, 2.75) is 33.6 Å². The molecule has 0 aliphatic heterocycles. The van der Waals surface area contributed by atoms with Gasteiger partial charge in [-0.25, -0.2) is 4.79 Å². The van der Waals surface area contributed by atoms with Gasteiger partial charge in [-0.05, 0) is 30.2 Å². The van der Waals surface area contributed by atoms with Gasteiger partial charge in [0.05, 0.1) is 0 Å². The molecule has 2 aromatic rings. The Morgan fingerprint density at radius 2 is 1.86 bits per heavy atom. The maximum atomic E-state index is 11.7. The van der Waals surface area contributed by atoms with Gasteiger partial charge in [-0.2, -0.15) is 4.98 Å². The van der Waals surface area contributed by atoms with Gasteiger partial charge in [0.15, 0.2) is 5.82 Å². The van der Waals surface area contributed by atoms with Gasteiger partial charge in [-0.1, -0.05) is 32.9 Å². The predicted octanol–water partition coefficient (Wildman–Crippen LogP) is 3.64. The van der Waals surface area contributed by atoms with Gasteiger partial charge in [0.2, 0.25) is 0 Å². The van der Waals surface area contributed by atoms with Crippen LogP contribution in [0.5, 0.6) is 0 Å². The summed E-state index contributed by atoms with van der Waals surface area (Å²) < 4.78 is 5.24. The smallest absolute Gasteiger partial charge is 0.319 e. The van der Waals surface area contributed by atoms with Crippen molar-refractivity contribution in [1.82, 2.24) is 15.5 Å². The van der Waals surface area contributed by atoms with E-state index in [1.807, 2.05) is 52.0 Å². The molecule has 1 aromatic heterocycles. The van der Waals surface area contributed by atoms with Crippen molar-refractivity contribution in [1.29, 1.82) is 0 Å². The molecule has 6 nitrogen and oxygen atoms in total. The number of rotatable bonds is 5. The number of amides is 2. The third-order valence-corrected chi connectivity index (χ3v) is 3.02. The summed E-state index contributed by atoms with van der Waals surface area (Å²) in [6, 6.07) is 7.10. The molecule has 0 aliphatic rings. The van der Waals surface area contributed by atoms with Crippen LogP contribution in [0.2, 0.25) is 0 Å². The molecule has 0 saturated carbocycles. The Morgan fingerprint density at radius 3 is 2.41 bits per heavy atom. The number of hydrogen-bond acceptors (Lipinski definition) is 4. The van der Waals surface area contributed by atoms with Crippen LogP contribution in [0.1, 0.15) is 39.4 Å². The van der Waals surface area contributed by atoms with Crippen LogP contribution in [-0.4, -0.2) is 22.7 Å². The number of carbonyl (C=O) groups excluding carboxylic acids is 1. The summed E-state index contributed by atoms with van der Waals surface area (Å²) in [6.07, 6.45) is 0. The van der Waals surface area contributed by atoms with Gasteiger partial charge < -0.3 is 15.2 Å². The third-order valence-electron chi connectivity index (χ3n) is 3.02. The molecule has 0 atom stereocenters. The minimum atomic E-state index is -0.207. The van der Waals surface area contributed by atoms with E-state index in [0.717, 1.165) is 5.56 Å². The molecule has 2 amide bonds. The summed E-state index contributed by atoms with van der Waals surface area (Å²) in [5, 5.41) is 9.52. The molecular weight excluding hydrogens is 280 g/mol. The lowest BCUT2D eigenvalue weighted by atomic mass is 10.2. The summed E-state index contributed by atoms with van der Waals surface area (Å²) in [5.74, 6) is 1.81. The SMILES string of the molecule is CC(C)CNC(=O)Nc1ccc(-c2nc(C(C)C)no2)cc1. The maximum Gasteiger partial charge on any atom is 0.319 e. The monoisotopic (exact) mass is 302 g/mol. The van der Waals surface area contributed by atoms with Crippen LogP contribution in [0.15, 0.2) is 28.8 Å². The lowest BCUT2D eigenvalue weighted by Crippen LogP contribution is -2.31. The lowest BCUT2D eigenvalue weighted by Gasteiger charge is -2.09. The normalized spacial score (nSPS) is 11.0. The first-order chi connectivity index (χ1) is 10.5. The largest absolute Gasteiger partial charge is 0.338 e. The Hall–Kier alpha value is -2.37. The van der Waals surface area contributed by atoms with E-state index in [9.17, 15) is 4.79 Å². The molecule has 0 unspecified atom stereocenters. The average Bonchev–Trinajstić information content (AvgIpc) is 2.96. The van der Waals surface area contributed by atoms with Crippen LogP contribution in [0.3, 0.4) is 0 Å². The van der Waals surface area contributed by atoms with Crippen molar-refractivity contribution in [2.24, 2.45) is 5.92 Å². The first-order valence-electron chi connectivity index (χ1n) is 7.44. The molecule has 2 N–H and O–H groups in total. The van der Waals surface area contributed by atoms with Gasteiger partial charge in [-0.3, -0.25) is 0 Å². The fourth-order valence-electron chi connectivity index (χ4n) is 1.75. The minimum absolute atomic E-state index is 0.207.